The molecule has 0 fully saturated rings. The summed E-state index contributed by atoms with van der Waals surface area (Å²) in [6.07, 6.45) is 10.3. The molecular weight excluding hydrogens is 502 g/mol. The highest BCUT2D eigenvalue weighted by atomic mass is 16.4. The number of nitrogens with zero attached hydrogens (tertiary/aromatic N) is 2. The number of hydrogen-bond acceptors (Lipinski definition) is 7. The number of aryl methyl sites for hydroxylation is 1. The zero-order valence-electron chi connectivity index (χ0n) is 22.3. The van der Waals surface area contributed by atoms with Crippen LogP contribution in [-0.2, 0) is 16.0 Å². The highest BCUT2D eigenvalue weighted by Gasteiger charge is 2.22. The number of amides is 1. The molecule has 5 N–H and O–H groups in total. The zero-order valence-corrected chi connectivity index (χ0v) is 22.3. The molecule has 0 radical (unpaired) electrons. The third-order valence-electron chi connectivity index (χ3n) is 6.82. The van der Waals surface area contributed by atoms with Crippen molar-refractivity contribution < 1.29 is 34.8 Å². The van der Waals surface area contributed by atoms with E-state index in [0.717, 1.165) is 19.3 Å². The van der Waals surface area contributed by atoms with E-state index in [1.165, 1.54) is 56.7 Å². The Morgan fingerprint density at radius 3 is 2.15 bits per heavy atom. The van der Waals surface area contributed by atoms with Crippen LogP contribution >= 0.6 is 0 Å². The van der Waals surface area contributed by atoms with Gasteiger partial charge < -0.3 is 25.7 Å². The molecule has 0 unspecified atom stereocenters. The van der Waals surface area contributed by atoms with Gasteiger partial charge in [-0.2, -0.15) is 0 Å². The summed E-state index contributed by atoms with van der Waals surface area (Å²) in [5, 5.41) is 41.4. The molecular formula is C29H37N3O7. The second kappa shape index (κ2) is 14.3. The Bertz CT molecular complexity index is 1330. The van der Waals surface area contributed by atoms with Gasteiger partial charge in [0.05, 0.1) is 22.1 Å². The predicted octanol–water partition coefficient (Wildman–Crippen LogP) is 5.32. The first-order chi connectivity index (χ1) is 18.7. The van der Waals surface area contributed by atoms with Gasteiger partial charge in [0.25, 0.3) is 5.91 Å². The lowest BCUT2D eigenvalue weighted by Crippen LogP contribution is -2.41. The second-order valence-corrected chi connectivity index (χ2v) is 9.89. The number of fused-ring (bicyclic) bond motifs is 2. The van der Waals surface area contributed by atoms with Crippen molar-refractivity contribution in [2.24, 2.45) is 0 Å². The van der Waals surface area contributed by atoms with E-state index in [1.54, 1.807) is 6.07 Å². The number of benzene rings is 2. The molecule has 0 bridgehead atoms. The van der Waals surface area contributed by atoms with Gasteiger partial charge in [0.2, 0.25) is 0 Å². The summed E-state index contributed by atoms with van der Waals surface area (Å²) in [6, 6.07) is 4.49. The quantitative estimate of drug-likeness (QED) is 0.0918. The van der Waals surface area contributed by atoms with Gasteiger partial charge in [0.1, 0.15) is 6.04 Å². The van der Waals surface area contributed by atoms with Crippen LogP contribution in [0.5, 0.6) is 11.5 Å². The Hall–Kier alpha value is -3.95. The van der Waals surface area contributed by atoms with Crippen molar-refractivity contribution >= 4 is 39.9 Å². The summed E-state index contributed by atoms with van der Waals surface area (Å²) >= 11 is 0. The largest absolute Gasteiger partial charge is 0.504 e. The van der Waals surface area contributed by atoms with Crippen LogP contribution in [0.25, 0.3) is 22.1 Å². The fraction of sp³-hybridized carbons (Fsp3) is 0.483. The van der Waals surface area contributed by atoms with Crippen molar-refractivity contribution in [2.75, 3.05) is 0 Å². The number of carbonyl (C=O) groups is 3. The van der Waals surface area contributed by atoms with Gasteiger partial charge >= 0.3 is 11.9 Å². The number of unbranched alkanes of at least 4 members (excludes halogenated alkanes) is 8. The molecule has 39 heavy (non-hydrogen) atoms. The minimum Gasteiger partial charge on any atom is -0.504 e. The standard InChI is InChI=1S/C29H37N3O7/c1-2-3-4-5-6-7-8-9-10-11-19-26-23(17-24(33)27(19)36)30-22-16-18(12-13-20(22)31-26)28(37)32-21(29(38)39)14-15-25(34)35/h12-13,16-17,21,33,36H,2-11,14-15H2,1H3,(H,32,37)(H,34,35)(H,38,39)/t21-/m0/s1. The Balaban J connectivity index is 1.74. The van der Waals surface area contributed by atoms with Crippen molar-refractivity contribution in [1.82, 2.24) is 15.3 Å². The van der Waals surface area contributed by atoms with Crippen LogP contribution in [0, 0.1) is 0 Å². The molecule has 0 spiro atoms. The fourth-order valence-electron chi connectivity index (χ4n) is 4.61. The number of rotatable bonds is 16. The van der Waals surface area contributed by atoms with Crippen molar-refractivity contribution in [1.29, 1.82) is 0 Å². The Kier molecular flexibility index (Phi) is 10.8. The summed E-state index contributed by atoms with van der Waals surface area (Å²) in [5.41, 5.74) is 2.34. The number of hydrogen-bond donors (Lipinski definition) is 5. The van der Waals surface area contributed by atoms with Gasteiger partial charge in [-0.1, -0.05) is 58.3 Å². The van der Waals surface area contributed by atoms with Crippen LogP contribution in [0.3, 0.4) is 0 Å². The lowest BCUT2D eigenvalue weighted by molar-refractivity contribution is -0.140. The van der Waals surface area contributed by atoms with Crippen LogP contribution in [0.15, 0.2) is 24.3 Å². The first kappa shape index (κ1) is 29.6. The number of phenols is 2. The molecule has 210 valence electrons. The highest BCUT2D eigenvalue weighted by Crippen LogP contribution is 2.36. The maximum atomic E-state index is 12.7. The fourth-order valence-corrected chi connectivity index (χ4v) is 4.61. The molecule has 1 aromatic heterocycles. The van der Waals surface area contributed by atoms with Crippen LogP contribution in [-0.4, -0.2) is 54.3 Å². The number of aromatic hydroxyl groups is 2. The maximum Gasteiger partial charge on any atom is 0.326 e. The number of carboxylic acid groups (broad SMARTS) is 2. The summed E-state index contributed by atoms with van der Waals surface area (Å²) in [7, 11) is 0. The summed E-state index contributed by atoms with van der Waals surface area (Å²) in [4.78, 5) is 44.1. The van der Waals surface area contributed by atoms with Gasteiger partial charge in [0, 0.05) is 23.6 Å². The van der Waals surface area contributed by atoms with Crippen molar-refractivity contribution in [3.63, 3.8) is 0 Å². The Morgan fingerprint density at radius 1 is 0.846 bits per heavy atom. The van der Waals surface area contributed by atoms with Gasteiger partial charge in [-0.05, 0) is 37.5 Å². The molecule has 0 saturated carbocycles. The van der Waals surface area contributed by atoms with Gasteiger partial charge in [-0.25, -0.2) is 14.8 Å². The topological polar surface area (TPSA) is 170 Å². The number of carbonyl (C=O) groups excluding carboxylic acids is 1. The molecule has 0 aliphatic carbocycles. The predicted molar refractivity (Wildman–Crippen MR) is 147 cm³/mol. The van der Waals surface area contributed by atoms with E-state index < -0.39 is 30.3 Å². The van der Waals surface area contributed by atoms with Crippen LogP contribution in [0.2, 0.25) is 0 Å². The molecule has 1 atom stereocenters. The summed E-state index contributed by atoms with van der Waals surface area (Å²) in [6.45, 7) is 2.21. The smallest absolute Gasteiger partial charge is 0.326 e. The number of aromatic nitrogens is 2. The average Bonchev–Trinajstić information content (AvgIpc) is 2.90. The normalized spacial score (nSPS) is 12.0. The van der Waals surface area contributed by atoms with Gasteiger partial charge in [-0.15, -0.1) is 0 Å². The van der Waals surface area contributed by atoms with Crippen molar-refractivity contribution in [3.8, 4) is 11.5 Å². The zero-order chi connectivity index (χ0) is 28.4. The Labute approximate surface area is 227 Å². The SMILES string of the molecule is CCCCCCCCCCCc1c(O)c(O)cc2nc3cc(C(=O)N[C@@H](CCC(=O)O)C(=O)O)ccc3nc12. The minimum absolute atomic E-state index is 0.135. The number of aliphatic carboxylic acids is 2. The number of carboxylic acids is 2. The number of nitrogens with one attached hydrogen (secondary N) is 1. The molecule has 10 heteroatoms. The van der Waals surface area contributed by atoms with E-state index in [1.807, 2.05) is 0 Å². The molecule has 10 nitrogen and oxygen atoms in total. The van der Waals surface area contributed by atoms with E-state index >= 15 is 0 Å². The first-order valence-electron chi connectivity index (χ1n) is 13.6. The van der Waals surface area contributed by atoms with Crippen molar-refractivity contribution in [2.45, 2.75) is 90.0 Å². The third kappa shape index (κ3) is 8.27. The molecule has 3 aromatic rings. The molecule has 3 rings (SSSR count). The van der Waals surface area contributed by atoms with E-state index in [9.17, 15) is 29.7 Å². The van der Waals surface area contributed by atoms with E-state index in [4.69, 9.17) is 5.11 Å². The highest BCUT2D eigenvalue weighted by molar-refractivity contribution is 6.00. The lowest BCUT2D eigenvalue weighted by Gasteiger charge is -2.14. The monoisotopic (exact) mass is 539 g/mol. The van der Waals surface area contributed by atoms with Crippen LogP contribution in [0.1, 0.15) is 93.5 Å². The molecule has 0 aliphatic rings. The molecule has 0 saturated heterocycles. The molecule has 1 heterocycles. The van der Waals surface area contributed by atoms with Crippen LogP contribution in [0.4, 0.5) is 0 Å². The third-order valence-corrected chi connectivity index (χ3v) is 6.82. The van der Waals surface area contributed by atoms with Gasteiger partial charge in [0.15, 0.2) is 11.5 Å². The van der Waals surface area contributed by atoms with Crippen molar-refractivity contribution in [3.05, 3.63) is 35.4 Å². The molecule has 2 aromatic carbocycles. The van der Waals surface area contributed by atoms with E-state index in [0.29, 0.717) is 34.1 Å². The molecule has 0 aliphatic heterocycles. The first-order valence-corrected chi connectivity index (χ1v) is 13.6. The van der Waals surface area contributed by atoms with E-state index in [-0.39, 0.29) is 23.5 Å². The summed E-state index contributed by atoms with van der Waals surface area (Å²) in [5.74, 6) is -3.66. The van der Waals surface area contributed by atoms with Gasteiger partial charge in [-0.3, -0.25) is 9.59 Å². The Morgan fingerprint density at radius 2 is 1.51 bits per heavy atom. The maximum absolute atomic E-state index is 12.7. The lowest BCUT2D eigenvalue weighted by atomic mass is 10.0. The minimum atomic E-state index is -1.35. The average molecular weight is 540 g/mol. The van der Waals surface area contributed by atoms with Crippen LogP contribution < -0.4 is 5.32 Å². The van der Waals surface area contributed by atoms with E-state index in [2.05, 4.69) is 22.2 Å². The molecule has 1 amide bonds. The summed E-state index contributed by atoms with van der Waals surface area (Å²) < 4.78 is 0. The number of phenolic OH excluding ortho intramolecular Hbond substituents is 2. The second-order valence-electron chi connectivity index (χ2n) is 9.89.